The predicted octanol–water partition coefficient (Wildman–Crippen LogP) is 3.92. The molecule has 1 atom stereocenters. The van der Waals surface area contributed by atoms with Crippen molar-refractivity contribution in [2.24, 2.45) is 5.73 Å². The maximum atomic E-state index is 10.6. The molecule has 3 aromatic rings. The molecular weight excluding hydrogens is 394 g/mol. The average molecular weight is 418 g/mol. The molecule has 3 N–H and O–H groups in total. The molecule has 0 bridgehead atoms. The van der Waals surface area contributed by atoms with Gasteiger partial charge < -0.3 is 25.0 Å². The summed E-state index contributed by atoms with van der Waals surface area (Å²) in [7, 11) is 0. The van der Waals surface area contributed by atoms with Gasteiger partial charge in [-0.2, -0.15) is 0 Å². The summed E-state index contributed by atoms with van der Waals surface area (Å²) >= 11 is 0. The number of nitrogens with one attached hydrogen (secondary N) is 1. The van der Waals surface area contributed by atoms with Crippen LogP contribution in [-0.4, -0.2) is 23.9 Å². The quantitative estimate of drug-likeness (QED) is 0.547. The number of benzene rings is 2. The van der Waals surface area contributed by atoms with Gasteiger partial charge in [-0.15, -0.1) is 12.4 Å². The molecule has 0 aliphatic heterocycles. The summed E-state index contributed by atoms with van der Waals surface area (Å²) < 4.78 is 15.9. The lowest BCUT2D eigenvalue weighted by atomic mass is 10.1. The molecule has 1 unspecified atom stereocenters. The number of hydrogen-bond acceptors (Lipinski definition) is 6. The van der Waals surface area contributed by atoms with E-state index in [1.165, 1.54) is 0 Å². The molecular formula is C21H24ClN3O4. The minimum Gasteiger partial charge on any atom is -0.489 e. The Kier molecular flexibility index (Phi) is 8.51. The highest BCUT2D eigenvalue weighted by atomic mass is 35.5. The van der Waals surface area contributed by atoms with E-state index < -0.39 is 6.09 Å². The van der Waals surface area contributed by atoms with Gasteiger partial charge >= 0.3 is 6.09 Å². The maximum absolute atomic E-state index is 10.6. The van der Waals surface area contributed by atoms with Gasteiger partial charge in [-0.3, -0.25) is 0 Å². The molecule has 7 nitrogen and oxygen atoms in total. The van der Waals surface area contributed by atoms with Crippen LogP contribution in [0.1, 0.15) is 18.2 Å². The molecule has 29 heavy (non-hydrogen) atoms. The molecule has 0 radical (unpaired) electrons. The zero-order valence-corrected chi connectivity index (χ0v) is 16.9. The van der Waals surface area contributed by atoms with E-state index in [2.05, 4.69) is 10.5 Å². The standard InChI is InChI=1S/C21H23N3O4.ClH/c1-15(13-27-21(22)25)23-12-19-11-20(24-28-19)17-7-9-18(10-8-17)26-14-16-5-3-2-4-6-16;/h2-11,15,23H,12-14H2,1H3,(H2,22,25);1H. The fraction of sp³-hybridized carbons (Fsp3) is 0.238. The van der Waals surface area contributed by atoms with Gasteiger partial charge in [0.15, 0.2) is 5.76 Å². The van der Waals surface area contributed by atoms with Gasteiger partial charge in [0.05, 0.1) is 6.54 Å². The third kappa shape index (κ3) is 7.14. The third-order valence-corrected chi connectivity index (χ3v) is 4.06. The lowest BCUT2D eigenvalue weighted by Crippen LogP contribution is -2.32. The largest absolute Gasteiger partial charge is 0.489 e. The molecule has 8 heteroatoms. The van der Waals surface area contributed by atoms with Crippen molar-refractivity contribution in [1.82, 2.24) is 10.5 Å². The van der Waals surface area contributed by atoms with E-state index >= 15 is 0 Å². The number of ether oxygens (including phenoxy) is 2. The molecule has 154 valence electrons. The van der Waals surface area contributed by atoms with Crippen LogP contribution in [0.15, 0.2) is 65.2 Å². The van der Waals surface area contributed by atoms with E-state index in [0.29, 0.717) is 18.9 Å². The Morgan fingerprint density at radius 1 is 1.17 bits per heavy atom. The monoisotopic (exact) mass is 417 g/mol. The number of rotatable bonds is 9. The number of carbonyl (C=O) groups excluding carboxylic acids is 1. The average Bonchev–Trinajstić information content (AvgIpc) is 3.19. The number of carbonyl (C=O) groups is 1. The molecule has 2 aromatic carbocycles. The molecule has 0 aliphatic carbocycles. The normalized spacial score (nSPS) is 11.3. The Balaban J connectivity index is 0.00000300. The van der Waals surface area contributed by atoms with Crippen molar-refractivity contribution in [3.05, 3.63) is 72.0 Å². The lowest BCUT2D eigenvalue weighted by molar-refractivity contribution is 0.145. The maximum Gasteiger partial charge on any atom is 0.404 e. The second-order valence-corrected chi connectivity index (χ2v) is 6.39. The minimum atomic E-state index is -0.785. The van der Waals surface area contributed by atoms with E-state index in [1.807, 2.05) is 67.6 Å². The molecule has 1 heterocycles. The van der Waals surface area contributed by atoms with E-state index in [-0.39, 0.29) is 25.1 Å². The van der Waals surface area contributed by atoms with Crippen LogP contribution in [0.25, 0.3) is 11.3 Å². The van der Waals surface area contributed by atoms with Crippen molar-refractivity contribution in [3.63, 3.8) is 0 Å². The highest BCUT2D eigenvalue weighted by molar-refractivity contribution is 5.85. The summed E-state index contributed by atoms with van der Waals surface area (Å²) in [6.07, 6.45) is -0.785. The first-order valence-corrected chi connectivity index (χ1v) is 8.98. The molecule has 1 aromatic heterocycles. The van der Waals surface area contributed by atoms with Crippen LogP contribution in [0, 0.1) is 0 Å². The first-order valence-electron chi connectivity index (χ1n) is 8.98. The Morgan fingerprint density at radius 3 is 2.59 bits per heavy atom. The van der Waals surface area contributed by atoms with Gasteiger partial charge in [-0.25, -0.2) is 4.79 Å². The van der Waals surface area contributed by atoms with E-state index in [9.17, 15) is 4.79 Å². The molecule has 0 spiro atoms. The zero-order valence-electron chi connectivity index (χ0n) is 16.0. The van der Waals surface area contributed by atoms with Crippen LogP contribution >= 0.6 is 12.4 Å². The van der Waals surface area contributed by atoms with Gasteiger partial charge in [0.2, 0.25) is 0 Å². The zero-order chi connectivity index (χ0) is 19.8. The summed E-state index contributed by atoms with van der Waals surface area (Å²) in [5.74, 6) is 1.48. The molecule has 1 amide bonds. The minimum absolute atomic E-state index is 0. The fourth-order valence-corrected chi connectivity index (χ4v) is 2.54. The van der Waals surface area contributed by atoms with Crippen LogP contribution in [0.4, 0.5) is 4.79 Å². The Bertz CT molecular complexity index is 884. The van der Waals surface area contributed by atoms with Gasteiger partial charge in [0, 0.05) is 17.7 Å². The number of nitrogens with zero attached hydrogens (tertiary/aromatic N) is 1. The summed E-state index contributed by atoms with van der Waals surface area (Å²) in [5, 5.41) is 7.27. The van der Waals surface area contributed by atoms with Crippen LogP contribution in [0.3, 0.4) is 0 Å². The summed E-state index contributed by atoms with van der Waals surface area (Å²) in [6.45, 7) is 3.07. The number of hydrogen-bond donors (Lipinski definition) is 2. The SMILES string of the molecule is CC(COC(N)=O)NCc1cc(-c2ccc(OCc3ccccc3)cc2)no1.Cl. The van der Waals surface area contributed by atoms with Gasteiger partial charge in [-0.1, -0.05) is 35.5 Å². The van der Waals surface area contributed by atoms with Crippen LogP contribution in [0.5, 0.6) is 5.75 Å². The summed E-state index contributed by atoms with van der Waals surface area (Å²) in [4.78, 5) is 10.6. The van der Waals surface area contributed by atoms with Crippen molar-refractivity contribution in [2.45, 2.75) is 26.1 Å². The first-order chi connectivity index (χ1) is 13.6. The number of primary amides is 1. The van der Waals surface area contributed by atoms with Crippen LogP contribution in [0.2, 0.25) is 0 Å². The summed E-state index contributed by atoms with van der Waals surface area (Å²) in [5.41, 5.74) is 7.75. The third-order valence-electron chi connectivity index (χ3n) is 4.06. The lowest BCUT2D eigenvalue weighted by Gasteiger charge is -2.11. The molecule has 0 saturated heterocycles. The number of halogens is 1. The van der Waals surface area contributed by atoms with E-state index in [1.54, 1.807) is 0 Å². The van der Waals surface area contributed by atoms with Gasteiger partial charge in [-0.05, 0) is 36.8 Å². The molecule has 0 aliphatic rings. The smallest absolute Gasteiger partial charge is 0.404 e. The van der Waals surface area contributed by atoms with Gasteiger partial charge in [0.25, 0.3) is 0 Å². The first kappa shape index (κ1) is 22.3. The Labute approximate surface area is 175 Å². The van der Waals surface area contributed by atoms with Crippen LogP contribution < -0.4 is 15.8 Å². The van der Waals surface area contributed by atoms with Crippen LogP contribution in [-0.2, 0) is 17.9 Å². The number of amides is 1. The second-order valence-electron chi connectivity index (χ2n) is 6.39. The number of nitrogens with two attached hydrogens (primary N) is 1. The highest BCUT2D eigenvalue weighted by Gasteiger charge is 2.09. The second kappa shape index (κ2) is 11.1. The Morgan fingerprint density at radius 2 is 1.90 bits per heavy atom. The fourth-order valence-electron chi connectivity index (χ4n) is 2.54. The van der Waals surface area contributed by atoms with E-state index in [4.69, 9.17) is 19.7 Å². The number of aromatic nitrogens is 1. The van der Waals surface area contributed by atoms with E-state index in [0.717, 1.165) is 22.6 Å². The Hall–Kier alpha value is -3.03. The van der Waals surface area contributed by atoms with Crippen molar-refractivity contribution >= 4 is 18.5 Å². The predicted molar refractivity (Wildman–Crippen MR) is 112 cm³/mol. The molecule has 3 rings (SSSR count). The van der Waals surface area contributed by atoms with Crippen molar-refractivity contribution in [2.75, 3.05) is 6.61 Å². The molecule has 0 fully saturated rings. The summed E-state index contributed by atoms with van der Waals surface area (Å²) in [6, 6.07) is 19.5. The molecule has 0 saturated carbocycles. The van der Waals surface area contributed by atoms with Gasteiger partial charge in [0.1, 0.15) is 24.7 Å². The van der Waals surface area contributed by atoms with Crippen molar-refractivity contribution in [3.8, 4) is 17.0 Å². The van der Waals surface area contributed by atoms with Crippen molar-refractivity contribution in [1.29, 1.82) is 0 Å². The topological polar surface area (TPSA) is 99.6 Å². The highest BCUT2D eigenvalue weighted by Crippen LogP contribution is 2.23. The van der Waals surface area contributed by atoms with Crippen molar-refractivity contribution < 1.29 is 18.8 Å².